The number of nitrogens with one attached hydrogen (secondary N) is 1. The third kappa shape index (κ3) is 4.59. The number of aryl methyl sites for hydroxylation is 2. The molecule has 0 bridgehead atoms. The fourth-order valence-corrected chi connectivity index (χ4v) is 2.88. The molecule has 1 fully saturated rings. The van der Waals surface area contributed by atoms with Gasteiger partial charge in [-0.15, -0.1) is 0 Å². The van der Waals surface area contributed by atoms with Crippen molar-refractivity contribution in [3.63, 3.8) is 0 Å². The summed E-state index contributed by atoms with van der Waals surface area (Å²) >= 11 is 0. The molecule has 1 aliphatic rings. The smallest absolute Gasteiger partial charge is 0.247 e. The van der Waals surface area contributed by atoms with Gasteiger partial charge < -0.3 is 10.2 Å². The molecule has 6 heteroatoms. The minimum absolute atomic E-state index is 0.178. The van der Waals surface area contributed by atoms with Crippen molar-refractivity contribution in [2.75, 3.05) is 5.32 Å². The lowest BCUT2D eigenvalue weighted by Gasteiger charge is -2.22. The zero-order valence-electron chi connectivity index (χ0n) is 15.0. The highest BCUT2D eigenvalue weighted by Crippen LogP contribution is 2.29. The van der Waals surface area contributed by atoms with E-state index in [1.54, 1.807) is 6.20 Å². The summed E-state index contributed by atoms with van der Waals surface area (Å²) < 4.78 is 1.82. The molecule has 1 aliphatic carbocycles. The van der Waals surface area contributed by atoms with E-state index in [0.717, 1.165) is 29.8 Å². The van der Waals surface area contributed by atoms with Crippen LogP contribution in [0.3, 0.4) is 0 Å². The second-order valence-corrected chi connectivity index (χ2v) is 6.59. The van der Waals surface area contributed by atoms with Gasteiger partial charge in [0.25, 0.3) is 0 Å². The highest BCUT2D eigenvalue weighted by Gasteiger charge is 2.32. The molecule has 136 valence electrons. The first kappa shape index (κ1) is 17.9. The van der Waals surface area contributed by atoms with Crippen LogP contribution >= 0.6 is 0 Å². The lowest BCUT2D eigenvalue weighted by Crippen LogP contribution is -2.33. The molecule has 1 heterocycles. The van der Waals surface area contributed by atoms with Crippen LogP contribution in [-0.4, -0.2) is 32.5 Å². The minimum Gasteiger partial charge on any atom is -0.334 e. The van der Waals surface area contributed by atoms with E-state index in [2.05, 4.69) is 17.0 Å². The summed E-state index contributed by atoms with van der Waals surface area (Å²) in [4.78, 5) is 26.0. The fraction of sp³-hybridized carbons (Fsp3) is 0.350. The van der Waals surface area contributed by atoms with Crippen molar-refractivity contribution in [2.24, 2.45) is 7.05 Å². The quantitative estimate of drug-likeness (QED) is 0.743. The van der Waals surface area contributed by atoms with Gasteiger partial charge in [0.15, 0.2) is 0 Å². The Bertz CT molecular complexity index is 790. The molecule has 3 rings (SSSR count). The van der Waals surface area contributed by atoms with Crippen molar-refractivity contribution >= 4 is 17.5 Å². The Morgan fingerprint density at radius 3 is 2.62 bits per heavy atom. The number of amides is 2. The van der Waals surface area contributed by atoms with Gasteiger partial charge in [-0.05, 0) is 49.1 Å². The van der Waals surface area contributed by atoms with Gasteiger partial charge in [-0.25, -0.2) is 0 Å². The van der Waals surface area contributed by atoms with E-state index in [9.17, 15) is 9.59 Å². The largest absolute Gasteiger partial charge is 0.334 e. The molecule has 1 aromatic heterocycles. The predicted molar refractivity (Wildman–Crippen MR) is 100 cm³/mol. The number of carbonyl (C=O) groups is 2. The molecular formula is C20H24N4O2. The average molecular weight is 352 g/mol. The summed E-state index contributed by atoms with van der Waals surface area (Å²) in [6.45, 7) is 4.05. The van der Waals surface area contributed by atoms with E-state index >= 15 is 0 Å². The summed E-state index contributed by atoms with van der Waals surface area (Å²) in [5, 5.41) is 6.89. The first-order valence-corrected chi connectivity index (χ1v) is 8.85. The molecule has 1 N–H and O–H groups in total. The third-order valence-electron chi connectivity index (χ3n) is 4.60. The van der Waals surface area contributed by atoms with Gasteiger partial charge >= 0.3 is 0 Å². The zero-order chi connectivity index (χ0) is 18.5. The van der Waals surface area contributed by atoms with Crippen LogP contribution in [0.15, 0.2) is 49.2 Å². The Morgan fingerprint density at radius 1 is 1.31 bits per heavy atom. The van der Waals surface area contributed by atoms with E-state index in [4.69, 9.17) is 0 Å². The number of hydrogen-bond acceptors (Lipinski definition) is 3. The van der Waals surface area contributed by atoms with Gasteiger partial charge in [0.1, 0.15) is 0 Å². The van der Waals surface area contributed by atoms with Crippen LogP contribution < -0.4 is 5.32 Å². The number of nitrogens with zero attached hydrogens (tertiary/aromatic N) is 3. The topological polar surface area (TPSA) is 67.2 Å². The molecule has 2 amide bonds. The van der Waals surface area contributed by atoms with Crippen molar-refractivity contribution in [3.05, 3.63) is 60.4 Å². The van der Waals surface area contributed by atoms with E-state index in [-0.39, 0.29) is 11.8 Å². The molecule has 0 radical (unpaired) electrons. The molecule has 0 aliphatic heterocycles. The third-order valence-corrected chi connectivity index (χ3v) is 4.60. The number of anilines is 1. The van der Waals surface area contributed by atoms with Gasteiger partial charge in [0.05, 0.1) is 12.2 Å². The van der Waals surface area contributed by atoms with Crippen molar-refractivity contribution in [2.45, 2.75) is 38.3 Å². The minimum atomic E-state index is -0.233. The van der Waals surface area contributed by atoms with Gasteiger partial charge in [-0.1, -0.05) is 18.7 Å². The molecule has 0 atom stereocenters. The Hall–Kier alpha value is -2.89. The van der Waals surface area contributed by atoms with E-state index in [1.165, 1.54) is 6.08 Å². The van der Waals surface area contributed by atoms with Gasteiger partial charge in [0, 0.05) is 31.4 Å². The molecule has 6 nitrogen and oxygen atoms in total. The van der Waals surface area contributed by atoms with Crippen molar-refractivity contribution in [1.82, 2.24) is 14.7 Å². The van der Waals surface area contributed by atoms with Crippen LogP contribution in [0, 0.1) is 0 Å². The van der Waals surface area contributed by atoms with Crippen molar-refractivity contribution in [1.29, 1.82) is 0 Å². The van der Waals surface area contributed by atoms with E-state index in [1.807, 2.05) is 47.0 Å². The van der Waals surface area contributed by atoms with Crippen LogP contribution in [0.25, 0.3) is 0 Å². The molecule has 2 aromatic rings. The lowest BCUT2D eigenvalue weighted by molar-refractivity contribution is -0.132. The lowest BCUT2D eigenvalue weighted by atomic mass is 10.1. The van der Waals surface area contributed by atoms with Crippen molar-refractivity contribution in [3.8, 4) is 0 Å². The van der Waals surface area contributed by atoms with Gasteiger partial charge in [-0.2, -0.15) is 5.10 Å². The summed E-state index contributed by atoms with van der Waals surface area (Å²) in [5.41, 5.74) is 2.85. The van der Waals surface area contributed by atoms with Crippen LogP contribution in [0.2, 0.25) is 0 Å². The molecular weight excluding hydrogens is 328 g/mol. The number of hydrogen-bond donors (Lipinski definition) is 1. The number of benzene rings is 1. The summed E-state index contributed by atoms with van der Waals surface area (Å²) in [6.07, 6.45) is 6.33. The summed E-state index contributed by atoms with van der Waals surface area (Å²) in [5.74, 6) is -0.0547. The maximum Gasteiger partial charge on any atom is 0.247 e. The first-order valence-electron chi connectivity index (χ1n) is 8.85. The van der Waals surface area contributed by atoms with Crippen LogP contribution in [0.1, 0.15) is 30.5 Å². The number of carbonyl (C=O) groups excluding carboxylic acids is 2. The number of aromatic nitrogens is 2. The Labute approximate surface area is 153 Å². The molecule has 1 aromatic carbocycles. The average Bonchev–Trinajstić information content (AvgIpc) is 3.41. The molecule has 26 heavy (non-hydrogen) atoms. The van der Waals surface area contributed by atoms with Gasteiger partial charge in [-0.3, -0.25) is 14.3 Å². The maximum absolute atomic E-state index is 12.7. The zero-order valence-corrected chi connectivity index (χ0v) is 15.0. The monoisotopic (exact) mass is 352 g/mol. The summed E-state index contributed by atoms with van der Waals surface area (Å²) in [7, 11) is 1.90. The van der Waals surface area contributed by atoms with Gasteiger partial charge in [0.2, 0.25) is 11.8 Å². The highest BCUT2D eigenvalue weighted by atomic mass is 16.2. The Kier molecular flexibility index (Phi) is 5.51. The van der Waals surface area contributed by atoms with Crippen LogP contribution in [0.4, 0.5) is 5.69 Å². The fourth-order valence-electron chi connectivity index (χ4n) is 2.88. The second kappa shape index (κ2) is 7.99. The van der Waals surface area contributed by atoms with Crippen LogP contribution in [0.5, 0.6) is 0 Å². The number of rotatable bonds is 8. The SMILES string of the molecule is C=CC(=O)Nc1ccc(CCC(=O)N(Cc2ccnn2C)C2CC2)cc1. The highest BCUT2D eigenvalue weighted by molar-refractivity contribution is 5.98. The molecule has 0 spiro atoms. The molecule has 1 saturated carbocycles. The molecule has 0 saturated heterocycles. The van der Waals surface area contributed by atoms with E-state index < -0.39 is 0 Å². The Morgan fingerprint density at radius 2 is 2.04 bits per heavy atom. The normalized spacial score (nSPS) is 13.3. The Balaban J connectivity index is 1.55. The maximum atomic E-state index is 12.7. The van der Waals surface area contributed by atoms with Crippen LogP contribution in [-0.2, 0) is 29.6 Å². The first-order chi connectivity index (χ1) is 12.6. The van der Waals surface area contributed by atoms with Crippen molar-refractivity contribution < 1.29 is 9.59 Å². The van der Waals surface area contributed by atoms with E-state index in [0.29, 0.717) is 25.4 Å². The standard InChI is InChI=1S/C20H24N4O2/c1-3-19(25)22-16-7-4-15(5-8-16)6-11-20(26)24(17-9-10-17)14-18-12-13-21-23(18)2/h3-5,7-8,12-13,17H,1,6,9-11,14H2,2H3,(H,22,25). The summed E-state index contributed by atoms with van der Waals surface area (Å²) in [6, 6.07) is 9.89. The second-order valence-electron chi connectivity index (χ2n) is 6.59. The molecule has 0 unspecified atom stereocenters. The predicted octanol–water partition coefficient (Wildman–Crippen LogP) is 2.67.